The predicted octanol–water partition coefficient (Wildman–Crippen LogP) is 4.07. The first-order chi connectivity index (χ1) is 16.0. The highest BCUT2D eigenvalue weighted by atomic mass is 32.2. The van der Waals surface area contributed by atoms with Crippen LogP contribution < -0.4 is 0 Å². The van der Waals surface area contributed by atoms with Crippen LogP contribution in [0.4, 0.5) is 0 Å². The third-order valence-corrected chi connectivity index (χ3v) is 8.48. The lowest BCUT2D eigenvalue weighted by molar-refractivity contribution is 0.0505. The molecule has 1 atom stereocenters. The first-order valence-electron chi connectivity index (χ1n) is 11.3. The fourth-order valence-electron chi connectivity index (χ4n) is 4.31. The molecule has 1 aliphatic heterocycles. The zero-order valence-corrected chi connectivity index (χ0v) is 19.9. The summed E-state index contributed by atoms with van der Waals surface area (Å²) in [7, 11) is -3.62. The Morgan fingerprint density at radius 2 is 1.97 bits per heavy atom. The van der Waals surface area contributed by atoms with Gasteiger partial charge < -0.3 is 14.2 Å². The second-order valence-electron chi connectivity index (χ2n) is 8.68. The SMILES string of the molecule is O=C(c1cccs1)N(Cc1cnc(S(=O)(=O)Cc2ccccc2)n1C1CC1)CC1CCCO1. The largest absolute Gasteiger partial charge is 0.376 e. The van der Waals surface area contributed by atoms with E-state index in [-0.39, 0.29) is 29.0 Å². The number of benzene rings is 1. The summed E-state index contributed by atoms with van der Waals surface area (Å²) >= 11 is 1.41. The highest BCUT2D eigenvalue weighted by molar-refractivity contribution is 7.90. The topological polar surface area (TPSA) is 81.5 Å². The highest BCUT2D eigenvalue weighted by Crippen LogP contribution is 2.39. The molecule has 9 heteroatoms. The molecule has 1 saturated heterocycles. The zero-order chi connectivity index (χ0) is 22.8. The molecule has 2 fully saturated rings. The van der Waals surface area contributed by atoms with Crippen LogP contribution in [0, 0.1) is 0 Å². The second kappa shape index (κ2) is 9.40. The molecule has 7 nitrogen and oxygen atoms in total. The number of imidazole rings is 1. The van der Waals surface area contributed by atoms with Gasteiger partial charge in [0.25, 0.3) is 5.91 Å². The number of hydrogen-bond donors (Lipinski definition) is 0. The van der Waals surface area contributed by atoms with Crippen LogP contribution in [0.5, 0.6) is 0 Å². The van der Waals surface area contributed by atoms with Crippen molar-refractivity contribution in [3.63, 3.8) is 0 Å². The molecule has 1 saturated carbocycles. The van der Waals surface area contributed by atoms with Crippen LogP contribution in [0.3, 0.4) is 0 Å². The van der Waals surface area contributed by atoms with Gasteiger partial charge in [-0.25, -0.2) is 13.4 Å². The van der Waals surface area contributed by atoms with E-state index in [1.165, 1.54) is 11.3 Å². The van der Waals surface area contributed by atoms with E-state index in [0.29, 0.717) is 24.6 Å². The predicted molar refractivity (Wildman–Crippen MR) is 126 cm³/mol. The number of carbonyl (C=O) groups excluding carboxylic acids is 1. The molecule has 174 valence electrons. The van der Waals surface area contributed by atoms with Gasteiger partial charge in [-0.2, -0.15) is 0 Å². The number of sulfone groups is 1. The van der Waals surface area contributed by atoms with Crippen LogP contribution in [0.1, 0.15) is 52.7 Å². The summed E-state index contributed by atoms with van der Waals surface area (Å²) in [5, 5.41) is 1.99. The number of amides is 1. The molecule has 3 heterocycles. The number of aromatic nitrogens is 2. The maximum absolute atomic E-state index is 13.3. The summed E-state index contributed by atoms with van der Waals surface area (Å²) in [6.45, 7) is 1.51. The molecule has 2 aromatic heterocycles. The minimum Gasteiger partial charge on any atom is -0.376 e. The van der Waals surface area contributed by atoms with E-state index in [9.17, 15) is 13.2 Å². The van der Waals surface area contributed by atoms with Gasteiger partial charge in [0.15, 0.2) is 0 Å². The van der Waals surface area contributed by atoms with Crippen molar-refractivity contribution in [2.24, 2.45) is 0 Å². The van der Waals surface area contributed by atoms with Gasteiger partial charge in [0.1, 0.15) is 0 Å². The van der Waals surface area contributed by atoms with Gasteiger partial charge in [0, 0.05) is 19.2 Å². The molecule has 0 spiro atoms. The molecule has 1 aliphatic carbocycles. The zero-order valence-electron chi connectivity index (χ0n) is 18.3. The molecule has 2 aliphatic rings. The molecule has 5 rings (SSSR count). The van der Waals surface area contributed by atoms with E-state index < -0.39 is 9.84 Å². The first kappa shape index (κ1) is 22.3. The molecule has 1 amide bonds. The van der Waals surface area contributed by atoms with Gasteiger partial charge in [-0.15, -0.1) is 11.3 Å². The fraction of sp³-hybridized carbons (Fsp3) is 0.417. The smallest absolute Gasteiger partial charge is 0.264 e. The molecule has 0 radical (unpaired) electrons. The van der Waals surface area contributed by atoms with Crippen LogP contribution in [-0.2, 0) is 26.9 Å². The Morgan fingerprint density at radius 1 is 1.15 bits per heavy atom. The lowest BCUT2D eigenvalue weighted by Crippen LogP contribution is -2.37. The quantitative estimate of drug-likeness (QED) is 0.456. The van der Waals surface area contributed by atoms with Gasteiger partial charge in [-0.3, -0.25) is 4.79 Å². The van der Waals surface area contributed by atoms with Crippen molar-refractivity contribution in [3.05, 3.63) is 70.2 Å². The number of thiophene rings is 1. The molecule has 3 aromatic rings. The number of hydrogen-bond acceptors (Lipinski definition) is 6. The van der Waals surface area contributed by atoms with E-state index in [2.05, 4.69) is 4.98 Å². The van der Waals surface area contributed by atoms with Crippen molar-refractivity contribution in [1.29, 1.82) is 0 Å². The van der Waals surface area contributed by atoms with Crippen LogP contribution in [0.15, 0.2) is 59.2 Å². The standard InChI is InChI=1S/C24H27N3O4S2/c28-23(22-9-5-13-32-22)26(16-21-8-4-12-31-21)15-20-14-25-24(27(20)19-10-11-19)33(29,30)17-18-6-2-1-3-7-18/h1-3,5-7,9,13-14,19,21H,4,8,10-12,15-17H2. The monoisotopic (exact) mass is 485 g/mol. The van der Waals surface area contributed by atoms with E-state index in [0.717, 1.165) is 36.9 Å². The van der Waals surface area contributed by atoms with E-state index in [1.54, 1.807) is 11.1 Å². The lowest BCUT2D eigenvalue weighted by atomic mass is 10.2. The van der Waals surface area contributed by atoms with Crippen molar-refractivity contribution in [2.45, 2.75) is 55.3 Å². The Hall–Kier alpha value is -2.49. The summed E-state index contributed by atoms with van der Waals surface area (Å²) in [5.41, 5.74) is 1.49. The average Bonchev–Trinajstić information content (AvgIpc) is 3.21. The molecule has 0 N–H and O–H groups in total. The second-order valence-corrected chi connectivity index (χ2v) is 11.5. The Kier molecular flexibility index (Phi) is 6.36. The highest BCUT2D eigenvalue weighted by Gasteiger charge is 2.34. The normalized spacial score (nSPS) is 18.5. The van der Waals surface area contributed by atoms with Crippen LogP contribution in [-0.4, -0.2) is 48.0 Å². The van der Waals surface area contributed by atoms with Crippen molar-refractivity contribution < 1.29 is 17.9 Å². The maximum atomic E-state index is 13.3. The van der Waals surface area contributed by atoms with Gasteiger partial charge in [0.05, 0.1) is 35.2 Å². The van der Waals surface area contributed by atoms with Crippen molar-refractivity contribution in [3.8, 4) is 0 Å². The maximum Gasteiger partial charge on any atom is 0.264 e. The van der Waals surface area contributed by atoms with E-state index in [4.69, 9.17) is 4.74 Å². The summed E-state index contributed by atoms with van der Waals surface area (Å²) in [4.78, 5) is 20.1. The summed E-state index contributed by atoms with van der Waals surface area (Å²) < 4.78 is 34.2. The summed E-state index contributed by atoms with van der Waals surface area (Å²) in [5.74, 6) is -0.150. The number of ether oxygens (including phenoxy) is 1. The molecule has 0 bridgehead atoms. The third kappa shape index (κ3) is 5.05. The third-order valence-electron chi connectivity index (χ3n) is 6.05. The van der Waals surface area contributed by atoms with Crippen molar-refractivity contribution >= 4 is 27.1 Å². The molecule has 33 heavy (non-hydrogen) atoms. The fourth-order valence-corrected chi connectivity index (χ4v) is 6.54. The van der Waals surface area contributed by atoms with Crippen LogP contribution in [0.25, 0.3) is 0 Å². The average molecular weight is 486 g/mol. The molecular formula is C24H27N3O4S2. The Balaban J connectivity index is 1.44. The summed E-state index contributed by atoms with van der Waals surface area (Å²) in [6, 6.07) is 13.0. The van der Waals surface area contributed by atoms with Gasteiger partial charge in [0.2, 0.25) is 15.0 Å². The first-order valence-corrected chi connectivity index (χ1v) is 13.8. The van der Waals surface area contributed by atoms with Gasteiger partial charge in [-0.1, -0.05) is 36.4 Å². The van der Waals surface area contributed by atoms with Crippen molar-refractivity contribution in [2.75, 3.05) is 13.2 Å². The van der Waals surface area contributed by atoms with E-state index in [1.807, 2.05) is 52.4 Å². The minimum absolute atomic E-state index is 0.00694. The number of carbonyl (C=O) groups is 1. The summed E-state index contributed by atoms with van der Waals surface area (Å²) in [6.07, 6.45) is 5.39. The van der Waals surface area contributed by atoms with Crippen LogP contribution >= 0.6 is 11.3 Å². The minimum atomic E-state index is -3.62. The molecule has 1 aromatic carbocycles. The Labute approximate surface area is 197 Å². The Bertz CT molecular complexity index is 1200. The molecular weight excluding hydrogens is 458 g/mol. The van der Waals surface area contributed by atoms with Gasteiger partial charge in [-0.05, 0) is 42.7 Å². The lowest BCUT2D eigenvalue weighted by Gasteiger charge is -2.25. The van der Waals surface area contributed by atoms with E-state index >= 15 is 0 Å². The Morgan fingerprint density at radius 3 is 2.64 bits per heavy atom. The number of nitrogens with zero attached hydrogens (tertiary/aromatic N) is 3. The molecule has 1 unspecified atom stereocenters. The van der Waals surface area contributed by atoms with Gasteiger partial charge >= 0.3 is 0 Å². The van der Waals surface area contributed by atoms with Crippen LogP contribution in [0.2, 0.25) is 0 Å². The van der Waals surface area contributed by atoms with Crippen molar-refractivity contribution in [1.82, 2.24) is 14.5 Å². The number of rotatable bonds is 9.